The maximum Gasteiger partial charge on any atom is 0.224 e. The molecule has 2 aliphatic rings. The molecule has 2 rings (SSSR count). The summed E-state index contributed by atoms with van der Waals surface area (Å²) in [6.07, 6.45) is 7.32. The first-order valence-electron chi connectivity index (χ1n) is 8.48. The SMILES string of the molecule is C=C(/C=C\C(=C)C1CCC(=O)NC1=C)OC1CCNCC1.CC. The van der Waals surface area contributed by atoms with Gasteiger partial charge in [0.2, 0.25) is 5.91 Å². The van der Waals surface area contributed by atoms with Gasteiger partial charge in [-0.25, -0.2) is 0 Å². The van der Waals surface area contributed by atoms with Crippen molar-refractivity contribution in [1.29, 1.82) is 0 Å². The molecule has 1 amide bonds. The van der Waals surface area contributed by atoms with Crippen molar-refractivity contribution in [3.63, 3.8) is 0 Å². The molecule has 0 aromatic carbocycles. The van der Waals surface area contributed by atoms with Gasteiger partial charge in [0.05, 0.1) is 0 Å². The van der Waals surface area contributed by atoms with Gasteiger partial charge in [0.25, 0.3) is 0 Å². The highest BCUT2D eigenvalue weighted by molar-refractivity contribution is 5.79. The van der Waals surface area contributed by atoms with E-state index in [1.54, 1.807) is 0 Å². The molecule has 2 fully saturated rings. The molecule has 0 radical (unpaired) electrons. The molecule has 0 aliphatic carbocycles. The normalized spacial score (nSPS) is 22.1. The summed E-state index contributed by atoms with van der Waals surface area (Å²) in [7, 11) is 0. The van der Waals surface area contributed by atoms with Crippen LogP contribution in [0.4, 0.5) is 0 Å². The molecule has 0 aromatic rings. The van der Waals surface area contributed by atoms with Gasteiger partial charge in [-0.2, -0.15) is 0 Å². The van der Waals surface area contributed by atoms with E-state index in [1.165, 1.54) is 0 Å². The van der Waals surface area contributed by atoms with Gasteiger partial charge in [0.15, 0.2) is 0 Å². The number of hydrogen-bond acceptors (Lipinski definition) is 3. The standard InChI is InChI=1S/C17H24N2O2.C2H6/c1-12(16-6-7-17(20)19-14(16)3)4-5-13(2)21-15-8-10-18-11-9-15;1-2/h4-5,15-16,18H,1-3,6-11H2,(H,19,20);1-2H3/b5-4-;. The number of carbonyl (C=O) groups is 1. The first kappa shape index (κ1) is 19.2. The lowest BCUT2D eigenvalue weighted by atomic mass is 9.89. The maximum atomic E-state index is 11.3. The van der Waals surface area contributed by atoms with E-state index in [1.807, 2.05) is 26.0 Å². The molecule has 0 saturated carbocycles. The Kier molecular flexibility index (Phi) is 8.41. The molecule has 0 bridgehead atoms. The maximum absolute atomic E-state index is 11.3. The number of rotatable bonds is 5. The fourth-order valence-electron chi connectivity index (χ4n) is 2.67. The Morgan fingerprint density at radius 1 is 1.17 bits per heavy atom. The quantitative estimate of drug-likeness (QED) is 0.603. The Labute approximate surface area is 140 Å². The lowest BCUT2D eigenvalue weighted by Gasteiger charge is -2.26. The summed E-state index contributed by atoms with van der Waals surface area (Å²) in [5.41, 5.74) is 1.65. The zero-order valence-electron chi connectivity index (χ0n) is 14.5. The molecule has 1 unspecified atom stereocenters. The van der Waals surface area contributed by atoms with Crippen molar-refractivity contribution < 1.29 is 9.53 Å². The van der Waals surface area contributed by atoms with Gasteiger partial charge in [-0.05, 0) is 44.0 Å². The van der Waals surface area contributed by atoms with Crippen LogP contribution in [0.2, 0.25) is 0 Å². The molecule has 2 heterocycles. The van der Waals surface area contributed by atoms with Crippen molar-refractivity contribution in [3.05, 3.63) is 48.9 Å². The largest absolute Gasteiger partial charge is 0.491 e. The number of allylic oxidation sites excluding steroid dienone is 3. The summed E-state index contributed by atoms with van der Waals surface area (Å²) in [5.74, 6) is 0.797. The van der Waals surface area contributed by atoms with Crippen LogP contribution in [0, 0.1) is 5.92 Å². The Balaban J connectivity index is 0.00000127. The van der Waals surface area contributed by atoms with Crippen LogP contribution in [-0.4, -0.2) is 25.1 Å². The second kappa shape index (κ2) is 10.1. The Bertz CT molecular complexity index is 474. The van der Waals surface area contributed by atoms with E-state index in [-0.39, 0.29) is 17.9 Å². The number of nitrogens with one attached hydrogen (secondary N) is 2. The zero-order valence-corrected chi connectivity index (χ0v) is 14.5. The summed E-state index contributed by atoms with van der Waals surface area (Å²) in [4.78, 5) is 11.3. The van der Waals surface area contributed by atoms with E-state index < -0.39 is 0 Å². The molecule has 2 aliphatic heterocycles. The Morgan fingerprint density at radius 2 is 1.83 bits per heavy atom. The number of ether oxygens (including phenoxy) is 1. The van der Waals surface area contributed by atoms with E-state index >= 15 is 0 Å². The summed E-state index contributed by atoms with van der Waals surface area (Å²) in [6.45, 7) is 17.9. The topological polar surface area (TPSA) is 50.4 Å². The van der Waals surface area contributed by atoms with Crippen molar-refractivity contribution in [2.75, 3.05) is 13.1 Å². The monoisotopic (exact) mass is 318 g/mol. The minimum Gasteiger partial charge on any atom is -0.491 e. The summed E-state index contributed by atoms with van der Waals surface area (Å²) < 4.78 is 5.82. The van der Waals surface area contributed by atoms with Crippen LogP contribution in [0.1, 0.15) is 39.5 Å². The fraction of sp³-hybridized carbons (Fsp3) is 0.526. The van der Waals surface area contributed by atoms with Gasteiger partial charge < -0.3 is 15.4 Å². The van der Waals surface area contributed by atoms with E-state index in [9.17, 15) is 4.79 Å². The molecule has 0 aromatic heterocycles. The molecule has 4 nitrogen and oxygen atoms in total. The molecule has 2 N–H and O–H groups in total. The molecular weight excluding hydrogens is 288 g/mol. The molecule has 1 atom stereocenters. The van der Waals surface area contributed by atoms with Crippen LogP contribution in [0.5, 0.6) is 0 Å². The van der Waals surface area contributed by atoms with Crippen molar-refractivity contribution in [3.8, 4) is 0 Å². The van der Waals surface area contributed by atoms with Crippen LogP contribution in [0.3, 0.4) is 0 Å². The number of amides is 1. The third-order valence-corrected chi connectivity index (χ3v) is 3.92. The van der Waals surface area contributed by atoms with Crippen LogP contribution < -0.4 is 10.6 Å². The second-order valence-corrected chi connectivity index (χ2v) is 5.61. The van der Waals surface area contributed by atoms with Crippen molar-refractivity contribution >= 4 is 5.91 Å². The minimum atomic E-state index is 0.0340. The van der Waals surface area contributed by atoms with E-state index in [2.05, 4.69) is 30.4 Å². The third-order valence-electron chi connectivity index (χ3n) is 3.92. The highest BCUT2D eigenvalue weighted by Gasteiger charge is 2.22. The highest BCUT2D eigenvalue weighted by Crippen LogP contribution is 2.26. The minimum absolute atomic E-state index is 0.0340. The average molecular weight is 318 g/mol. The summed E-state index contributed by atoms with van der Waals surface area (Å²) in [6, 6.07) is 0. The van der Waals surface area contributed by atoms with Crippen LogP contribution in [0.25, 0.3) is 0 Å². The predicted octanol–water partition coefficient (Wildman–Crippen LogP) is 3.45. The van der Waals surface area contributed by atoms with Crippen LogP contribution >= 0.6 is 0 Å². The molecular formula is C19H30N2O2. The molecule has 0 spiro atoms. The van der Waals surface area contributed by atoms with E-state index in [4.69, 9.17) is 4.74 Å². The van der Waals surface area contributed by atoms with Gasteiger partial charge in [-0.15, -0.1) is 0 Å². The Hall–Kier alpha value is -1.81. The van der Waals surface area contributed by atoms with Gasteiger partial charge >= 0.3 is 0 Å². The van der Waals surface area contributed by atoms with E-state index in [0.29, 0.717) is 12.2 Å². The summed E-state index contributed by atoms with van der Waals surface area (Å²) >= 11 is 0. The lowest BCUT2D eigenvalue weighted by molar-refractivity contribution is -0.121. The predicted molar refractivity (Wildman–Crippen MR) is 95.8 cm³/mol. The molecule has 2 saturated heterocycles. The van der Waals surface area contributed by atoms with Gasteiger partial charge in [-0.3, -0.25) is 4.79 Å². The molecule has 4 heteroatoms. The summed E-state index contributed by atoms with van der Waals surface area (Å²) in [5, 5.41) is 6.08. The highest BCUT2D eigenvalue weighted by atomic mass is 16.5. The Morgan fingerprint density at radius 3 is 2.43 bits per heavy atom. The van der Waals surface area contributed by atoms with Gasteiger partial charge in [0, 0.05) is 18.0 Å². The number of carbonyl (C=O) groups excluding carboxylic acids is 1. The van der Waals surface area contributed by atoms with Crippen molar-refractivity contribution in [2.45, 2.75) is 45.6 Å². The second-order valence-electron chi connectivity index (χ2n) is 5.61. The molecule has 23 heavy (non-hydrogen) atoms. The van der Waals surface area contributed by atoms with Crippen molar-refractivity contribution in [2.24, 2.45) is 5.92 Å². The van der Waals surface area contributed by atoms with E-state index in [0.717, 1.165) is 43.6 Å². The number of hydrogen-bond donors (Lipinski definition) is 2. The average Bonchev–Trinajstić information content (AvgIpc) is 2.55. The first-order valence-corrected chi connectivity index (χ1v) is 8.48. The molecule has 128 valence electrons. The number of piperidine rings is 2. The fourth-order valence-corrected chi connectivity index (χ4v) is 2.67. The first-order chi connectivity index (χ1) is 11.1. The smallest absolute Gasteiger partial charge is 0.224 e. The van der Waals surface area contributed by atoms with Crippen molar-refractivity contribution in [1.82, 2.24) is 10.6 Å². The van der Waals surface area contributed by atoms with Gasteiger partial charge in [0.1, 0.15) is 11.9 Å². The zero-order chi connectivity index (χ0) is 17.2. The van der Waals surface area contributed by atoms with Crippen LogP contribution in [0.15, 0.2) is 48.9 Å². The van der Waals surface area contributed by atoms with Gasteiger partial charge in [-0.1, -0.05) is 39.7 Å². The lowest BCUT2D eigenvalue weighted by Crippen LogP contribution is -2.32. The van der Waals surface area contributed by atoms with Crippen LogP contribution in [-0.2, 0) is 9.53 Å². The third kappa shape index (κ3) is 6.45.